The molecule has 2 aliphatic heterocycles. The highest BCUT2D eigenvalue weighted by Crippen LogP contribution is 2.43. The molecule has 4 aromatic rings. The van der Waals surface area contributed by atoms with Crippen LogP contribution in [0.5, 0.6) is 0 Å². The largest absolute Gasteiger partial charge is 0.505 e. The predicted octanol–water partition coefficient (Wildman–Crippen LogP) is 4.92. The molecule has 52 heavy (non-hydrogen) atoms. The number of aromatic amines is 1. The van der Waals surface area contributed by atoms with Gasteiger partial charge < -0.3 is 14.3 Å². The number of nitrogens with one attached hydrogen (secondary N) is 1. The van der Waals surface area contributed by atoms with Gasteiger partial charge in [-0.1, -0.05) is 62.8 Å². The topological polar surface area (TPSA) is 215 Å². The van der Waals surface area contributed by atoms with Crippen molar-refractivity contribution < 1.29 is 35.9 Å². The van der Waals surface area contributed by atoms with Crippen molar-refractivity contribution in [1.29, 1.82) is 0 Å². The van der Waals surface area contributed by atoms with Crippen LogP contribution in [0.2, 0.25) is 0 Å². The minimum absolute atomic E-state index is 0.00699. The van der Waals surface area contributed by atoms with E-state index in [2.05, 4.69) is 30.8 Å². The number of hydrogen-bond acceptors (Lipinski definition) is 13. The van der Waals surface area contributed by atoms with Crippen molar-refractivity contribution in [2.75, 3.05) is 14.1 Å². The fourth-order valence-electron chi connectivity index (χ4n) is 7.06. The number of fused-ring (bicyclic) bond motifs is 2. The van der Waals surface area contributed by atoms with Crippen molar-refractivity contribution in [3.8, 4) is 0 Å². The molecule has 4 aliphatic rings. The molecule has 4 heterocycles. The second-order valence-corrected chi connectivity index (χ2v) is 17.0. The highest BCUT2D eigenvalue weighted by molar-refractivity contribution is 7.90. The summed E-state index contributed by atoms with van der Waals surface area (Å²) in [7, 11) is -4.85. The average molecular weight is 751 g/mol. The molecule has 0 atom stereocenters. The molecule has 0 amide bonds. The van der Waals surface area contributed by atoms with Crippen LogP contribution in [0.4, 0.5) is 0 Å². The number of carbonyl (C=O) groups is 1. The maximum Gasteiger partial charge on any atom is 0.314 e. The number of ether oxygens (including phenoxy) is 1. The van der Waals surface area contributed by atoms with Gasteiger partial charge in [0, 0.05) is 31.1 Å². The summed E-state index contributed by atoms with van der Waals surface area (Å²) < 4.78 is 65.3. The van der Waals surface area contributed by atoms with E-state index in [4.69, 9.17) is 9.15 Å². The highest BCUT2D eigenvalue weighted by atomic mass is 32.2. The van der Waals surface area contributed by atoms with Crippen LogP contribution in [0.25, 0.3) is 22.9 Å². The van der Waals surface area contributed by atoms with Gasteiger partial charge in [0.25, 0.3) is 25.9 Å². The number of nitrogens with zero attached hydrogens (tertiary/aromatic N) is 7. The first-order chi connectivity index (χ1) is 25.0. The maximum atomic E-state index is 13.3. The van der Waals surface area contributed by atoms with Crippen LogP contribution < -0.4 is 0 Å². The first-order valence-corrected chi connectivity index (χ1v) is 20.0. The summed E-state index contributed by atoms with van der Waals surface area (Å²) in [5, 5.41) is 31.7. The van der Waals surface area contributed by atoms with Gasteiger partial charge in [-0.3, -0.25) is 13.4 Å². The van der Waals surface area contributed by atoms with Gasteiger partial charge in [0.05, 0.1) is 15.7 Å². The van der Waals surface area contributed by atoms with E-state index in [0.717, 1.165) is 66.4 Å². The molecule has 0 saturated heterocycles. The Bertz CT molecular complexity index is 2260. The number of tetrazole rings is 1. The normalized spacial score (nSPS) is 20.1. The zero-order valence-electron chi connectivity index (χ0n) is 28.6. The summed E-state index contributed by atoms with van der Waals surface area (Å²) in [5.74, 6) is 0.194. The molecule has 18 heteroatoms. The fraction of sp³-hybridized carbons (Fsp3) is 0.412. The summed E-state index contributed by atoms with van der Waals surface area (Å²) in [4.78, 5) is 13.2. The highest BCUT2D eigenvalue weighted by Gasteiger charge is 2.41. The van der Waals surface area contributed by atoms with Crippen molar-refractivity contribution in [3.05, 3.63) is 77.3 Å². The second-order valence-electron chi connectivity index (χ2n) is 13.1. The van der Waals surface area contributed by atoms with Gasteiger partial charge in [-0.15, -0.1) is 20.4 Å². The number of carbonyl (C=O) groups excluding carboxylic acids is 1. The Morgan fingerprint density at radius 2 is 1.37 bits per heavy atom. The second kappa shape index (κ2) is 14.1. The van der Waals surface area contributed by atoms with Crippen LogP contribution in [0.1, 0.15) is 98.9 Å². The van der Waals surface area contributed by atoms with Crippen LogP contribution in [-0.4, -0.2) is 81.4 Å². The standard InChI is InChI=1S/C24H29N3O5S.C10H9N5O3S/c1-27-20(23-26-25-22(32-23)16-10-4-2-5-11-16)21(31-24(28)17-12-6-3-7-13-17)18-14-8-9-15-19(18)33(27,29)30;1-15-8(10-11-13-14-12-10)9(16)6-4-2-3-5-7(6)19(15,17)18/h8-9,14-17H,2-7,10-13H2,1H3;2-5,16H,1H3,(H,11,12,13,14). The molecule has 0 radical (unpaired) electrons. The molecule has 8 rings (SSSR count). The van der Waals surface area contributed by atoms with E-state index in [1.807, 2.05) is 0 Å². The van der Waals surface area contributed by atoms with Gasteiger partial charge in [0.15, 0.2) is 17.2 Å². The first-order valence-electron chi connectivity index (χ1n) is 17.1. The zero-order chi connectivity index (χ0) is 36.6. The SMILES string of the molecule is CN1C(c2nn[nH]n2)=C(O)c2ccccc2S1(=O)=O.CN1C(c2nnc(C3CCCCC3)o2)=C(OC(=O)C2CCCCC2)c2ccccc2S1(=O)=O. The number of rotatable bonds is 5. The molecule has 2 aromatic heterocycles. The van der Waals surface area contributed by atoms with Gasteiger partial charge in [-0.25, -0.2) is 16.8 Å². The predicted molar refractivity (Wildman–Crippen MR) is 186 cm³/mol. The number of sulfonamides is 2. The minimum atomic E-state index is -3.87. The van der Waals surface area contributed by atoms with Crippen LogP contribution in [-0.2, 0) is 29.6 Å². The van der Waals surface area contributed by atoms with Gasteiger partial charge in [0.2, 0.25) is 11.7 Å². The third-order valence-corrected chi connectivity index (χ3v) is 13.5. The van der Waals surface area contributed by atoms with Crippen molar-refractivity contribution >= 4 is 48.9 Å². The third-order valence-electron chi connectivity index (χ3n) is 9.92. The number of H-pyrrole nitrogens is 1. The van der Waals surface area contributed by atoms with E-state index < -0.39 is 20.0 Å². The lowest BCUT2D eigenvalue weighted by atomic mass is 9.89. The van der Waals surface area contributed by atoms with Gasteiger partial charge >= 0.3 is 5.97 Å². The van der Waals surface area contributed by atoms with Crippen LogP contribution in [0.3, 0.4) is 0 Å². The average Bonchev–Trinajstić information content (AvgIpc) is 3.88. The van der Waals surface area contributed by atoms with Crippen molar-refractivity contribution in [1.82, 2.24) is 39.4 Å². The lowest BCUT2D eigenvalue weighted by Crippen LogP contribution is -2.32. The Labute approximate surface area is 300 Å². The molecular weight excluding hydrogens is 713 g/mol. The maximum absolute atomic E-state index is 13.3. The molecule has 2 aliphatic carbocycles. The monoisotopic (exact) mass is 750 g/mol. The molecule has 2 fully saturated rings. The minimum Gasteiger partial charge on any atom is -0.505 e. The van der Waals surface area contributed by atoms with Crippen LogP contribution in [0.15, 0.2) is 62.7 Å². The van der Waals surface area contributed by atoms with Crippen LogP contribution >= 0.6 is 0 Å². The number of esters is 1. The Kier molecular flexibility index (Phi) is 9.60. The first kappa shape index (κ1) is 35.3. The van der Waals surface area contributed by atoms with Gasteiger partial charge in [-0.2, -0.15) is 5.21 Å². The summed E-state index contributed by atoms with van der Waals surface area (Å²) in [6.07, 6.45) is 10.0. The van der Waals surface area contributed by atoms with E-state index in [9.17, 15) is 26.7 Å². The summed E-state index contributed by atoms with van der Waals surface area (Å²) in [6, 6.07) is 12.8. The molecule has 16 nitrogen and oxygen atoms in total. The molecule has 274 valence electrons. The fourth-order valence-corrected chi connectivity index (χ4v) is 9.84. The van der Waals surface area contributed by atoms with E-state index in [-0.39, 0.29) is 67.8 Å². The molecule has 0 unspecified atom stereocenters. The van der Waals surface area contributed by atoms with Crippen molar-refractivity contribution in [2.24, 2.45) is 5.92 Å². The Morgan fingerprint density at radius 1 is 0.788 bits per heavy atom. The lowest BCUT2D eigenvalue weighted by molar-refractivity contribution is -0.142. The Balaban J connectivity index is 0.000000187. The number of aliphatic hydroxyl groups excluding tert-OH is 1. The smallest absolute Gasteiger partial charge is 0.314 e. The molecular formula is C34H38N8O8S2. The quantitative estimate of drug-likeness (QED) is 0.260. The molecule has 0 bridgehead atoms. The third kappa shape index (κ3) is 6.33. The van der Waals surface area contributed by atoms with E-state index in [0.29, 0.717) is 11.5 Å². The van der Waals surface area contributed by atoms with Gasteiger partial charge in [0.1, 0.15) is 5.70 Å². The molecule has 2 saturated carbocycles. The number of aliphatic hydroxyl groups is 1. The van der Waals surface area contributed by atoms with Gasteiger partial charge in [-0.05, 0) is 55.2 Å². The van der Waals surface area contributed by atoms with Crippen molar-refractivity contribution in [2.45, 2.75) is 79.9 Å². The van der Waals surface area contributed by atoms with E-state index in [1.54, 1.807) is 30.3 Å². The van der Waals surface area contributed by atoms with Crippen molar-refractivity contribution in [3.63, 3.8) is 0 Å². The molecule has 2 aromatic carbocycles. The van der Waals surface area contributed by atoms with E-state index >= 15 is 0 Å². The Hall–Kier alpha value is -5.10. The number of hydrogen-bond donors (Lipinski definition) is 2. The summed E-state index contributed by atoms with van der Waals surface area (Å²) >= 11 is 0. The van der Waals surface area contributed by atoms with Crippen LogP contribution in [0, 0.1) is 5.92 Å². The summed E-state index contributed by atoms with van der Waals surface area (Å²) in [6.45, 7) is 0. The number of aromatic nitrogens is 6. The molecule has 0 spiro atoms. The number of benzene rings is 2. The Morgan fingerprint density at radius 3 is 2.00 bits per heavy atom. The molecule has 2 N–H and O–H groups in total. The van der Waals surface area contributed by atoms with E-state index in [1.165, 1.54) is 38.7 Å². The lowest BCUT2D eigenvalue weighted by Gasteiger charge is -2.30. The summed E-state index contributed by atoms with van der Waals surface area (Å²) in [5.41, 5.74) is 0.674. The zero-order valence-corrected chi connectivity index (χ0v) is 30.2.